The molecular formula is C14H17F3N2O5. The van der Waals surface area contributed by atoms with Crippen LogP contribution in [0.3, 0.4) is 0 Å². The molecule has 2 N–H and O–H groups in total. The van der Waals surface area contributed by atoms with Crippen LogP contribution in [0.15, 0.2) is 12.4 Å². The van der Waals surface area contributed by atoms with Gasteiger partial charge < -0.3 is 24.4 Å². The highest BCUT2D eigenvalue weighted by Gasteiger charge is 2.61. The number of halogens is 3. The molecule has 10 heteroatoms. The number of aromatic nitrogens is 2. The lowest BCUT2D eigenvalue weighted by atomic mass is 9.80. The molecule has 1 unspecified atom stereocenters. The van der Waals surface area contributed by atoms with E-state index in [0.717, 1.165) is 6.20 Å². The summed E-state index contributed by atoms with van der Waals surface area (Å²) in [5.74, 6) is -0.598. The molecule has 1 aromatic heterocycles. The smallest absolute Gasteiger partial charge is 0.435 e. The van der Waals surface area contributed by atoms with Crippen molar-refractivity contribution in [1.82, 2.24) is 9.97 Å². The minimum atomic E-state index is -4.68. The van der Waals surface area contributed by atoms with Gasteiger partial charge in [-0.2, -0.15) is 13.2 Å². The second-order valence-electron chi connectivity index (χ2n) is 6.17. The van der Waals surface area contributed by atoms with Gasteiger partial charge in [0.15, 0.2) is 18.1 Å². The van der Waals surface area contributed by atoms with Gasteiger partial charge in [0, 0.05) is 0 Å². The summed E-state index contributed by atoms with van der Waals surface area (Å²) in [6.45, 7) is 3.66. The van der Waals surface area contributed by atoms with Gasteiger partial charge in [-0.25, -0.2) is 4.98 Å². The zero-order valence-corrected chi connectivity index (χ0v) is 12.9. The first kappa shape index (κ1) is 17.3. The van der Waals surface area contributed by atoms with Crippen LogP contribution >= 0.6 is 0 Å². The van der Waals surface area contributed by atoms with Crippen LogP contribution in [0.25, 0.3) is 0 Å². The SMILES string of the molecule is CC(C)[C@@]12CO[C@@H](O1)C(Oc1cncc(C(F)(F)F)n1)[C@@H](O)[C@H]2O. The molecule has 7 nitrogen and oxygen atoms in total. The van der Waals surface area contributed by atoms with Crippen LogP contribution in [0.2, 0.25) is 0 Å². The minimum absolute atomic E-state index is 0.0433. The summed E-state index contributed by atoms with van der Waals surface area (Å²) >= 11 is 0. The molecule has 3 rings (SSSR count). The third-order valence-electron chi connectivity index (χ3n) is 4.37. The molecule has 0 spiro atoms. The van der Waals surface area contributed by atoms with Gasteiger partial charge in [0.2, 0.25) is 5.88 Å². The normalized spacial score (nSPS) is 36.2. The Kier molecular flexibility index (Phi) is 4.19. The largest absolute Gasteiger partial charge is 0.465 e. The van der Waals surface area contributed by atoms with Crippen molar-refractivity contribution < 1.29 is 37.6 Å². The monoisotopic (exact) mass is 350 g/mol. The molecule has 2 aliphatic heterocycles. The van der Waals surface area contributed by atoms with Crippen molar-refractivity contribution in [2.75, 3.05) is 6.61 Å². The van der Waals surface area contributed by atoms with Crippen LogP contribution in [0, 0.1) is 5.92 Å². The zero-order valence-electron chi connectivity index (χ0n) is 12.9. The summed E-state index contributed by atoms with van der Waals surface area (Å²) < 4.78 is 54.4. The van der Waals surface area contributed by atoms with Crippen molar-refractivity contribution in [3.05, 3.63) is 18.1 Å². The molecule has 0 aliphatic carbocycles. The summed E-state index contributed by atoms with van der Waals surface area (Å²) in [7, 11) is 0. The standard InChI is InChI=1S/C14H17F3N2O5/c1-6(2)13-5-22-12(24-13)10(9(20)11(13)21)23-8-4-18-3-7(19-8)14(15,16)17/h3-4,6,9-12,20-21H,5H2,1-2H3/t9-,10?,11-,12+,13-/m1/s1. The highest BCUT2D eigenvalue weighted by Crippen LogP contribution is 2.42. The quantitative estimate of drug-likeness (QED) is 0.831. The van der Waals surface area contributed by atoms with Gasteiger partial charge in [-0.15, -0.1) is 0 Å². The van der Waals surface area contributed by atoms with E-state index >= 15 is 0 Å². The Labute approximate surface area is 135 Å². The Hall–Kier alpha value is -1.49. The first-order valence-corrected chi connectivity index (χ1v) is 7.36. The number of hydrogen-bond acceptors (Lipinski definition) is 7. The topological polar surface area (TPSA) is 93.9 Å². The maximum atomic E-state index is 12.7. The van der Waals surface area contributed by atoms with Gasteiger partial charge in [-0.3, -0.25) is 4.98 Å². The van der Waals surface area contributed by atoms with E-state index in [0.29, 0.717) is 6.20 Å². The molecule has 2 saturated heterocycles. The summed E-state index contributed by atoms with van der Waals surface area (Å²) in [6, 6.07) is 0. The van der Waals surface area contributed by atoms with E-state index in [2.05, 4.69) is 9.97 Å². The minimum Gasteiger partial charge on any atom is -0.465 e. The number of hydrogen-bond donors (Lipinski definition) is 2. The fourth-order valence-corrected chi connectivity index (χ4v) is 2.89. The highest BCUT2D eigenvalue weighted by molar-refractivity contribution is 5.13. The molecule has 3 heterocycles. The van der Waals surface area contributed by atoms with Crippen LogP contribution in [-0.2, 0) is 15.7 Å². The molecule has 5 atom stereocenters. The Morgan fingerprint density at radius 2 is 2.04 bits per heavy atom. The fourth-order valence-electron chi connectivity index (χ4n) is 2.89. The third kappa shape index (κ3) is 2.73. The Morgan fingerprint density at radius 3 is 2.67 bits per heavy atom. The van der Waals surface area contributed by atoms with Gasteiger partial charge >= 0.3 is 6.18 Å². The Balaban J connectivity index is 1.82. The third-order valence-corrected chi connectivity index (χ3v) is 4.37. The molecule has 2 bridgehead atoms. The second kappa shape index (κ2) is 5.80. The van der Waals surface area contributed by atoms with E-state index in [4.69, 9.17) is 14.2 Å². The fraction of sp³-hybridized carbons (Fsp3) is 0.714. The van der Waals surface area contributed by atoms with E-state index in [9.17, 15) is 23.4 Å². The molecule has 0 amide bonds. The zero-order chi connectivity index (χ0) is 17.7. The van der Waals surface area contributed by atoms with Gasteiger partial charge in [-0.05, 0) is 5.92 Å². The highest BCUT2D eigenvalue weighted by atomic mass is 19.4. The predicted molar refractivity (Wildman–Crippen MR) is 71.9 cm³/mol. The van der Waals surface area contributed by atoms with Crippen molar-refractivity contribution in [2.24, 2.45) is 5.92 Å². The van der Waals surface area contributed by atoms with Gasteiger partial charge in [0.05, 0.1) is 19.0 Å². The summed E-state index contributed by atoms with van der Waals surface area (Å²) in [5, 5.41) is 20.7. The van der Waals surface area contributed by atoms with Gasteiger partial charge in [0.25, 0.3) is 0 Å². The first-order chi connectivity index (χ1) is 11.1. The molecule has 0 aromatic carbocycles. The molecule has 134 valence electrons. The molecule has 2 aliphatic rings. The summed E-state index contributed by atoms with van der Waals surface area (Å²) in [6.07, 6.45) is -8.12. The lowest BCUT2D eigenvalue weighted by Crippen LogP contribution is -2.64. The van der Waals surface area contributed by atoms with Crippen LogP contribution in [0.1, 0.15) is 19.5 Å². The van der Waals surface area contributed by atoms with Gasteiger partial charge in [-0.1, -0.05) is 13.8 Å². The molecule has 24 heavy (non-hydrogen) atoms. The second-order valence-corrected chi connectivity index (χ2v) is 6.17. The number of ether oxygens (including phenoxy) is 3. The molecule has 1 aromatic rings. The average Bonchev–Trinajstić information content (AvgIpc) is 2.93. The van der Waals surface area contributed by atoms with E-state index in [-0.39, 0.29) is 12.5 Å². The number of aliphatic hydroxyl groups excluding tert-OH is 2. The van der Waals surface area contributed by atoms with Crippen molar-refractivity contribution in [3.63, 3.8) is 0 Å². The van der Waals surface area contributed by atoms with Crippen LogP contribution in [-0.4, -0.2) is 57.0 Å². The predicted octanol–water partition coefficient (Wildman–Crippen LogP) is 0.746. The number of aliphatic hydroxyl groups is 2. The van der Waals surface area contributed by atoms with Crippen LogP contribution in [0.4, 0.5) is 13.2 Å². The van der Waals surface area contributed by atoms with E-state index < -0.39 is 48.0 Å². The molecule has 0 radical (unpaired) electrons. The maximum absolute atomic E-state index is 12.7. The number of alkyl halides is 3. The van der Waals surface area contributed by atoms with E-state index in [1.165, 1.54) is 0 Å². The average molecular weight is 350 g/mol. The number of nitrogens with zero attached hydrogens (tertiary/aromatic N) is 2. The van der Waals surface area contributed by atoms with Crippen molar-refractivity contribution in [2.45, 2.75) is 50.2 Å². The summed E-state index contributed by atoms with van der Waals surface area (Å²) in [5.41, 5.74) is -2.31. The Morgan fingerprint density at radius 1 is 1.33 bits per heavy atom. The van der Waals surface area contributed by atoms with Gasteiger partial charge in [0.1, 0.15) is 17.8 Å². The van der Waals surface area contributed by atoms with Crippen molar-refractivity contribution >= 4 is 0 Å². The lowest BCUT2D eigenvalue weighted by Gasteiger charge is -2.44. The lowest BCUT2D eigenvalue weighted by molar-refractivity contribution is -0.263. The summed E-state index contributed by atoms with van der Waals surface area (Å²) in [4.78, 5) is 6.75. The van der Waals surface area contributed by atoms with Crippen LogP contribution in [0.5, 0.6) is 5.88 Å². The molecular weight excluding hydrogens is 333 g/mol. The Bertz CT molecular complexity index is 614. The number of rotatable bonds is 3. The number of fused-ring (bicyclic) bond motifs is 2. The van der Waals surface area contributed by atoms with E-state index in [1.807, 2.05) is 0 Å². The van der Waals surface area contributed by atoms with E-state index in [1.54, 1.807) is 13.8 Å². The molecule has 0 saturated carbocycles. The molecule has 2 fully saturated rings. The van der Waals surface area contributed by atoms with Crippen molar-refractivity contribution in [3.8, 4) is 5.88 Å². The maximum Gasteiger partial charge on any atom is 0.435 e. The van der Waals surface area contributed by atoms with Crippen LogP contribution < -0.4 is 4.74 Å². The first-order valence-electron chi connectivity index (χ1n) is 7.36. The van der Waals surface area contributed by atoms with Crippen molar-refractivity contribution in [1.29, 1.82) is 0 Å².